The molecule has 0 bridgehead atoms. The molecule has 6 aliphatic carbocycles. The summed E-state index contributed by atoms with van der Waals surface area (Å²) < 4.78 is 34.1. The average molecular weight is 1610 g/mol. The number of hydrogen-bond donors (Lipinski definition) is 9. The molecule has 18 atom stereocenters. The minimum atomic E-state index is -0.882. The highest BCUT2D eigenvalue weighted by atomic mass is 16.6. The summed E-state index contributed by atoms with van der Waals surface area (Å²) in [5.41, 5.74) is 5.78. The molecule has 21 heteroatoms. The van der Waals surface area contributed by atoms with Crippen molar-refractivity contribution in [2.45, 2.75) is 369 Å². The zero-order chi connectivity index (χ0) is 84.5. The lowest BCUT2D eigenvalue weighted by atomic mass is 9.73. The molecule has 3 aromatic carbocycles. The zero-order valence-corrected chi connectivity index (χ0v) is 72.9. The number of aliphatic hydroxyl groups is 6. The standard InChI is InChI=1S/C32H51NO6.2C31H49NO6/c1-7-8-9-12-23(34)14-15-24-25-16-21-11-10-13-28(26(21)17-22(25)18-27(24)35)38-19-29(36)39-30(20(2)3)31(37)33-32(4,5)6;1-6-7-8-11-23(33)13-14-24-25-16-21-10-9-12-28(26(21)17-22(25)18-27(24)34)37-19-30(36)38-20(2)15-29(35)32-31(3,4)5;1-6-8-9-12-22(33)14-15-23-24-16-20-11-10-13-28(25(20)17-21(24)18-26(23)34)37-19-29(35)38-27(7-2)30(36)32-31(3,4)5/h10-11,13,20,22-25,27,30,34-35H,7-9,12,14-19H2,1-6H3,(H,33,37);9-10,12,20,22-25,27,33-34H,6-8,11,13-19H2,1-5H3,(H,32,35);10-11,13,21-24,26-27,33-34H,6-9,12,14-19H2,1-5H3,(H,32,36)/t22-,23-,24+,25-,27+,30?;20?,22-,23-,24+,25-,27+;21-,22-,23+,24-,26+,27?/m000/s1. The van der Waals surface area contributed by atoms with Gasteiger partial charge < -0.3 is 75.0 Å². The van der Waals surface area contributed by atoms with Crippen LogP contribution in [0.4, 0.5) is 0 Å². The number of carbonyl (C=O) groups is 6. The fourth-order valence-electron chi connectivity index (χ4n) is 18.8. The van der Waals surface area contributed by atoms with Crippen molar-refractivity contribution >= 4 is 35.6 Å². The predicted octanol–water partition coefficient (Wildman–Crippen LogP) is 14.5. The van der Waals surface area contributed by atoms with Gasteiger partial charge in [-0.05, 0) is 302 Å². The van der Waals surface area contributed by atoms with E-state index in [9.17, 15) is 59.4 Å². The third-order valence-corrected chi connectivity index (χ3v) is 24.4. The number of amides is 3. The highest BCUT2D eigenvalue weighted by Gasteiger charge is 2.48. The second-order valence-electron chi connectivity index (χ2n) is 37.9. The van der Waals surface area contributed by atoms with Crippen LogP contribution in [-0.4, -0.2) is 158 Å². The summed E-state index contributed by atoms with van der Waals surface area (Å²) in [6.45, 7) is 30.0. The number of rotatable bonds is 39. The normalized spacial score (nSPS) is 24.1. The summed E-state index contributed by atoms with van der Waals surface area (Å²) in [6.07, 6.45) is 21.2. The van der Waals surface area contributed by atoms with Crippen molar-refractivity contribution in [1.29, 1.82) is 0 Å². The van der Waals surface area contributed by atoms with Gasteiger partial charge in [0.1, 0.15) is 23.4 Å². The first-order valence-electron chi connectivity index (χ1n) is 44.2. The molecule has 9 rings (SSSR count). The van der Waals surface area contributed by atoms with Crippen LogP contribution in [0, 0.1) is 59.2 Å². The van der Waals surface area contributed by atoms with E-state index in [2.05, 4.69) is 54.9 Å². The summed E-state index contributed by atoms with van der Waals surface area (Å²) in [7, 11) is 0. The van der Waals surface area contributed by atoms with Gasteiger partial charge in [-0.2, -0.15) is 0 Å². The third kappa shape index (κ3) is 30.8. The van der Waals surface area contributed by atoms with E-state index in [1.54, 1.807) is 6.92 Å². The number of esters is 3. The van der Waals surface area contributed by atoms with Crippen molar-refractivity contribution in [2.24, 2.45) is 59.2 Å². The smallest absolute Gasteiger partial charge is 0.344 e. The van der Waals surface area contributed by atoms with E-state index in [1.807, 2.05) is 119 Å². The fraction of sp³-hybridized carbons (Fsp3) is 0.745. The Morgan fingerprint density at radius 1 is 0.426 bits per heavy atom. The average Bonchev–Trinajstić information content (AvgIpc) is 1.69. The maximum absolute atomic E-state index is 12.7. The van der Waals surface area contributed by atoms with E-state index in [-0.39, 0.29) is 110 Å². The lowest BCUT2D eigenvalue weighted by Gasteiger charge is -2.32. The van der Waals surface area contributed by atoms with Gasteiger partial charge in [-0.1, -0.05) is 136 Å². The van der Waals surface area contributed by atoms with Crippen molar-refractivity contribution in [2.75, 3.05) is 19.8 Å². The minimum Gasteiger partial charge on any atom is -0.482 e. The first-order valence-corrected chi connectivity index (χ1v) is 44.2. The molecule has 0 spiro atoms. The fourth-order valence-corrected chi connectivity index (χ4v) is 18.8. The predicted molar refractivity (Wildman–Crippen MR) is 448 cm³/mol. The van der Waals surface area contributed by atoms with Crippen LogP contribution in [-0.2, 0) is 81.5 Å². The van der Waals surface area contributed by atoms with Gasteiger partial charge in [0, 0.05) is 16.6 Å². The Labute approximate surface area is 688 Å². The highest BCUT2D eigenvalue weighted by molar-refractivity contribution is 5.85. The molecule has 3 unspecified atom stereocenters. The largest absolute Gasteiger partial charge is 0.482 e. The lowest BCUT2D eigenvalue weighted by molar-refractivity contribution is -0.161. The molecule has 0 radical (unpaired) electrons. The molecule has 3 fully saturated rings. The molecule has 0 aromatic heterocycles. The Kier molecular flexibility index (Phi) is 38.1. The Morgan fingerprint density at radius 3 is 1.08 bits per heavy atom. The number of hydrogen-bond acceptors (Lipinski definition) is 18. The summed E-state index contributed by atoms with van der Waals surface area (Å²) in [5.74, 6) is 2.37. The maximum atomic E-state index is 12.7. The summed E-state index contributed by atoms with van der Waals surface area (Å²) in [4.78, 5) is 74.8. The van der Waals surface area contributed by atoms with E-state index >= 15 is 0 Å². The van der Waals surface area contributed by atoms with Crippen LogP contribution in [0.5, 0.6) is 17.2 Å². The van der Waals surface area contributed by atoms with Crippen molar-refractivity contribution in [1.82, 2.24) is 16.0 Å². The Balaban J connectivity index is 0.000000239. The van der Waals surface area contributed by atoms with Crippen molar-refractivity contribution < 1.29 is 87.8 Å². The Hall–Kier alpha value is -6.36. The van der Waals surface area contributed by atoms with Crippen LogP contribution in [0.25, 0.3) is 0 Å². The van der Waals surface area contributed by atoms with Crippen LogP contribution < -0.4 is 30.2 Å². The summed E-state index contributed by atoms with van der Waals surface area (Å²) in [6, 6.07) is 17.9. The molecule has 6 aliphatic rings. The van der Waals surface area contributed by atoms with Crippen molar-refractivity contribution in [3.05, 3.63) is 88.0 Å². The number of benzene rings is 3. The molecule has 0 aliphatic heterocycles. The highest BCUT2D eigenvalue weighted by Crippen LogP contribution is 2.52. The van der Waals surface area contributed by atoms with Crippen LogP contribution in [0.1, 0.15) is 292 Å². The number of nitrogens with one attached hydrogen (secondary N) is 3. The molecule has 21 nitrogen and oxygen atoms in total. The van der Waals surface area contributed by atoms with E-state index < -0.39 is 47.3 Å². The van der Waals surface area contributed by atoms with Gasteiger partial charge in [0.2, 0.25) is 5.91 Å². The van der Waals surface area contributed by atoms with Crippen LogP contribution in [0.3, 0.4) is 0 Å². The van der Waals surface area contributed by atoms with Crippen molar-refractivity contribution in [3.8, 4) is 17.2 Å². The molecular formula is C94H149N3O18. The molecule has 3 aromatic rings. The van der Waals surface area contributed by atoms with Gasteiger partial charge in [0.05, 0.1) is 43.0 Å². The Bertz CT molecular complexity index is 3520. The first kappa shape index (κ1) is 95.8. The van der Waals surface area contributed by atoms with Crippen molar-refractivity contribution in [3.63, 3.8) is 0 Å². The van der Waals surface area contributed by atoms with Gasteiger partial charge in [-0.15, -0.1) is 0 Å². The maximum Gasteiger partial charge on any atom is 0.344 e. The van der Waals surface area contributed by atoms with E-state index in [0.29, 0.717) is 59.2 Å². The van der Waals surface area contributed by atoms with Crippen LogP contribution >= 0.6 is 0 Å². The van der Waals surface area contributed by atoms with E-state index in [4.69, 9.17) is 28.4 Å². The summed E-state index contributed by atoms with van der Waals surface area (Å²) >= 11 is 0. The van der Waals surface area contributed by atoms with Gasteiger partial charge in [0.25, 0.3) is 11.8 Å². The van der Waals surface area contributed by atoms with Crippen LogP contribution in [0.2, 0.25) is 0 Å². The topological polar surface area (TPSA) is 315 Å². The molecular weight excluding hydrogens is 1460 g/mol. The van der Waals surface area contributed by atoms with Gasteiger partial charge in [-0.25, -0.2) is 14.4 Å². The number of fused-ring (bicyclic) bond motifs is 6. The first-order chi connectivity index (χ1) is 54.4. The molecule has 3 amide bonds. The molecule has 648 valence electrons. The summed E-state index contributed by atoms with van der Waals surface area (Å²) in [5, 5.41) is 72.5. The molecule has 0 saturated heterocycles. The SMILES string of the molecule is CCCCC[C@H](O)CC[C@@H]1[C@H]2Cc3cccc(OCC(=O)OC(C(=O)NC(C)(C)C)C(C)C)c3C[C@H]2C[C@H]1O.CCCCC[C@H](O)CC[C@@H]1[C@H]2Cc3cccc(OCC(=O)OC(C)CC(=O)NC(C)(C)C)c3C[C@H]2C[C@H]1O.CCCCC[C@H](O)CC[C@@H]1[C@H]2Cc3cccc(OCC(=O)OC(CC)C(=O)NC(C)(C)C)c3C[C@H]2C[C@H]1O. The lowest BCUT2D eigenvalue weighted by Crippen LogP contribution is -2.49. The van der Waals surface area contributed by atoms with Gasteiger partial charge >= 0.3 is 17.9 Å². The number of unbranched alkanes of at least 4 members (excludes halogenated alkanes) is 6. The van der Waals surface area contributed by atoms with E-state index in [1.165, 1.54) is 16.7 Å². The van der Waals surface area contributed by atoms with E-state index in [0.717, 1.165) is 190 Å². The molecule has 0 heterocycles. The molecule has 9 N–H and O–H groups in total. The minimum absolute atomic E-state index is 0.103. The zero-order valence-electron chi connectivity index (χ0n) is 72.9. The number of ether oxygens (including phenoxy) is 6. The van der Waals surface area contributed by atoms with Gasteiger partial charge in [-0.3, -0.25) is 14.4 Å². The number of aliphatic hydroxyl groups excluding tert-OH is 6. The molecule has 115 heavy (non-hydrogen) atoms. The monoisotopic (exact) mass is 1610 g/mol. The molecule has 3 saturated carbocycles. The van der Waals surface area contributed by atoms with Gasteiger partial charge in [0.15, 0.2) is 32.0 Å². The number of carbonyl (C=O) groups excluding carboxylic acids is 6. The second kappa shape index (κ2) is 45.7. The quantitative estimate of drug-likeness (QED) is 0.0146. The Morgan fingerprint density at radius 2 is 0.757 bits per heavy atom. The van der Waals surface area contributed by atoms with Crippen LogP contribution in [0.15, 0.2) is 54.6 Å². The second-order valence-corrected chi connectivity index (χ2v) is 37.9. The third-order valence-electron chi connectivity index (χ3n) is 24.4.